The van der Waals surface area contributed by atoms with Gasteiger partial charge in [-0.3, -0.25) is 9.59 Å². The van der Waals surface area contributed by atoms with Gasteiger partial charge in [0.05, 0.1) is 0 Å². The Morgan fingerprint density at radius 2 is 1.71 bits per heavy atom. The molecule has 0 radical (unpaired) electrons. The van der Waals surface area contributed by atoms with Crippen LogP contribution in [-0.2, 0) is 20.9 Å². The van der Waals surface area contributed by atoms with Crippen LogP contribution in [0.2, 0.25) is 0 Å². The molecule has 1 amide bonds. The summed E-state index contributed by atoms with van der Waals surface area (Å²) >= 11 is 0. The number of carbonyl (C=O) groups excluding carboxylic acids is 2. The fourth-order valence-corrected chi connectivity index (χ4v) is 6.98. The first-order chi connectivity index (χ1) is 14.7. The molecule has 166 valence electrons. The summed E-state index contributed by atoms with van der Waals surface area (Å²) in [4.78, 5) is 25.1. The minimum Gasteiger partial charge on any atom is -0.459 e. The molecular formula is C26H34N2O3. The molecule has 1 aromatic heterocycles. The maximum absolute atomic E-state index is 12.9. The summed E-state index contributed by atoms with van der Waals surface area (Å²) in [6.45, 7) is 5.80. The third-order valence-electron chi connectivity index (χ3n) is 7.47. The van der Waals surface area contributed by atoms with Crippen LogP contribution in [0, 0.1) is 23.2 Å². The minimum atomic E-state index is -0.492. The molecule has 4 fully saturated rings. The van der Waals surface area contributed by atoms with Gasteiger partial charge in [-0.05, 0) is 107 Å². The highest BCUT2D eigenvalue weighted by Gasteiger charge is 2.51. The van der Waals surface area contributed by atoms with Crippen molar-refractivity contribution < 1.29 is 14.3 Å². The van der Waals surface area contributed by atoms with Crippen LogP contribution in [0.25, 0.3) is 10.9 Å². The van der Waals surface area contributed by atoms with Crippen molar-refractivity contribution in [2.75, 3.05) is 5.32 Å². The number of ether oxygens (including phenoxy) is 1. The predicted molar refractivity (Wildman–Crippen MR) is 122 cm³/mol. The van der Waals surface area contributed by atoms with Crippen molar-refractivity contribution in [3.63, 3.8) is 0 Å². The minimum absolute atomic E-state index is 0.148. The number of rotatable bonds is 5. The van der Waals surface area contributed by atoms with Gasteiger partial charge in [-0.1, -0.05) is 0 Å². The molecule has 6 rings (SSSR count). The second-order valence-electron chi connectivity index (χ2n) is 11.4. The van der Waals surface area contributed by atoms with E-state index in [2.05, 4.69) is 5.32 Å². The third-order valence-corrected chi connectivity index (χ3v) is 7.47. The first-order valence-electron chi connectivity index (χ1n) is 11.8. The SMILES string of the molecule is CC(C)(C)OC(=O)Cn1ccc2cc(NC(=O)CC34CC5CC(CC(C5)C3)C4)ccc21. The Morgan fingerprint density at radius 1 is 1.06 bits per heavy atom. The Hall–Kier alpha value is -2.30. The number of fused-ring (bicyclic) bond motifs is 1. The molecule has 31 heavy (non-hydrogen) atoms. The number of anilines is 1. The summed E-state index contributed by atoms with van der Waals surface area (Å²) in [5.41, 5.74) is 1.55. The van der Waals surface area contributed by atoms with Gasteiger partial charge in [0.15, 0.2) is 0 Å². The van der Waals surface area contributed by atoms with E-state index in [1.54, 1.807) is 0 Å². The van der Waals surface area contributed by atoms with E-state index < -0.39 is 5.60 Å². The van der Waals surface area contributed by atoms with E-state index in [1.807, 2.05) is 55.8 Å². The number of aromatic nitrogens is 1. The van der Waals surface area contributed by atoms with Gasteiger partial charge in [0.25, 0.3) is 0 Å². The van der Waals surface area contributed by atoms with Gasteiger partial charge in [-0.25, -0.2) is 0 Å². The summed E-state index contributed by atoms with van der Waals surface area (Å²) < 4.78 is 7.33. The van der Waals surface area contributed by atoms with E-state index in [0.29, 0.717) is 6.42 Å². The highest BCUT2D eigenvalue weighted by molar-refractivity contribution is 5.94. The van der Waals surface area contributed by atoms with Crippen LogP contribution < -0.4 is 5.32 Å². The van der Waals surface area contributed by atoms with Crippen molar-refractivity contribution in [3.8, 4) is 0 Å². The molecule has 0 aliphatic heterocycles. The second kappa shape index (κ2) is 7.39. The standard InChI is InChI=1S/C26H34N2O3/c1-25(2,3)31-24(30)16-28-7-6-20-11-21(4-5-22(20)28)27-23(29)15-26-12-17-8-18(13-26)10-19(9-17)14-26/h4-7,11,17-19H,8-10,12-16H2,1-3H3,(H,27,29). The van der Waals surface area contributed by atoms with Crippen LogP contribution in [-0.4, -0.2) is 22.0 Å². The Morgan fingerprint density at radius 3 is 2.32 bits per heavy atom. The third kappa shape index (κ3) is 4.37. The molecule has 0 saturated heterocycles. The number of amides is 1. The fourth-order valence-electron chi connectivity index (χ4n) is 6.98. The van der Waals surface area contributed by atoms with Crippen molar-refractivity contribution in [1.82, 2.24) is 4.57 Å². The largest absolute Gasteiger partial charge is 0.459 e. The fraction of sp³-hybridized carbons (Fsp3) is 0.615. The average molecular weight is 423 g/mol. The van der Waals surface area contributed by atoms with Gasteiger partial charge >= 0.3 is 5.97 Å². The summed E-state index contributed by atoms with van der Waals surface area (Å²) in [7, 11) is 0. The number of nitrogens with zero attached hydrogens (tertiary/aromatic N) is 1. The normalized spacial score (nSPS) is 29.3. The summed E-state index contributed by atoms with van der Waals surface area (Å²) in [5, 5.41) is 4.16. The van der Waals surface area contributed by atoms with Gasteiger partial charge < -0.3 is 14.6 Å². The molecule has 5 nitrogen and oxygen atoms in total. The molecule has 1 aromatic carbocycles. The molecule has 4 saturated carbocycles. The molecule has 4 bridgehead atoms. The molecule has 4 aliphatic rings. The molecule has 1 N–H and O–H groups in total. The van der Waals surface area contributed by atoms with E-state index in [-0.39, 0.29) is 23.8 Å². The van der Waals surface area contributed by atoms with E-state index in [0.717, 1.165) is 34.3 Å². The number of benzene rings is 1. The number of carbonyl (C=O) groups is 2. The summed E-state index contributed by atoms with van der Waals surface area (Å²) in [6, 6.07) is 7.89. The van der Waals surface area contributed by atoms with E-state index in [9.17, 15) is 9.59 Å². The number of nitrogens with one attached hydrogen (secondary N) is 1. The number of esters is 1. The lowest BCUT2D eigenvalue weighted by Gasteiger charge is -2.56. The quantitative estimate of drug-likeness (QED) is 0.645. The Bertz CT molecular complexity index is 978. The lowest BCUT2D eigenvalue weighted by Crippen LogP contribution is -2.47. The van der Waals surface area contributed by atoms with Crippen molar-refractivity contribution >= 4 is 28.5 Å². The monoisotopic (exact) mass is 422 g/mol. The van der Waals surface area contributed by atoms with Crippen molar-refractivity contribution in [2.24, 2.45) is 23.2 Å². The molecule has 2 aromatic rings. The van der Waals surface area contributed by atoms with E-state index >= 15 is 0 Å². The van der Waals surface area contributed by atoms with Crippen LogP contribution in [0.15, 0.2) is 30.5 Å². The van der Waals surface area contributed by atoms with Crippen LogP contribution in [0.5, 0.6) is 0 Å². The highest BCUT2D eigenvalue weighted by atomic mass is 16.6. The van der Waals surface area contributed by atoms with Gasteiger partial charge in [0.2, 0.25) is 5.91 Å². The van der Waals surface area contributed by atoms with Crippen molar-refractivity contribution in [1.29, 1.82) is 0 Å². The van der Waals surface area contributed by atoms with Gasteiger partial charge in [-0.15, -0.1) is 0 Å². The molecule has 0 spiro atoms. The van der Waals surface area contributed by atoms with Gasteiger partial charge in [-0.2, -0.15) is 0 Å². The van der Waals surface area contributed by atoms with E-state index in [1.165, 1.54) is 38.5 Å². The van der Waals surface area contributed by atoms with E-state index in [4.69, 9.17) is 4.74 Å². The maximum Gasteiger partial charge on any atom is 0.326 e. The Labute approximate surface area is 184 Å². The molecule has 0 unspecified atom stereocenters. The number of hydrogen-bond donors (Lipinski definition) is 1. The zero-order valence-electron chi connectivity index (χ0n) is 18.9. The van der Waals surface area contributed by atoms with Crippen LogP contribution in [0.3, 0.4) is 0 Å². The van der Waals surface area contributed by atoms with Gasteiger partial charge in [0, 0.05) is 29.2 Å². The average Bonchev–Trinajstić information content (AvgIpc) is 3.00. The predicted octanol–water partition coefficient (Wildman–Crippen LogP) is 5.53. The van der Waals surface area contributed by atoms with Crippen LogP contribution in [0.4, 0.5) is 5.69 Å². The van der Waals surface area contributed by atoms with Crippen LogP contribution in [0.1, 0.15) is 65.7 Å². The Balaban J connectivity index is 1.24. The zero-order valence-corrected chi connectivity index (χ0v) is 18.9. The molecule has 1 heterocycles. The Kier molecular flexibility index (Phi) is 4.91. The zero-order chi connectivity index (χ0) is 21.8. The van der Waals surface area contributed by atoms with Gasteiger partial charge in [0.1, 0.15) is 12.1 Å². The number of hydrogen-bond acceptors (Lipinski definition) is 3. The molecule has 0 atom stereocenters. The molecule has 4 aliphatic carbocycles. The lowest BCUT2D eigenvalue weighted by molar-refractivity contribution is -0.155. The summed E-state index contributed by atoms with van der Waals surface area (Å²) in [6.07, 6.45) is 10.5. The van der Waals surface area contributed by atoms with Crippen molar-refractivity contribution in [2.45, 2.75) is 77.9 Å². The van der Waals surface area contributed by atoms with Crippen LogP contribution >= 0.6 is 0 Å². The maximum atomic E-state index is 12.9. The first kappa shape index (κ1) is 20.6. The first-order valence-corrected chi connectivity index (χ1v) is 11.8. The highest BCUT2D eigenvalue weighted by Crippen LogP contribution is 2.61. The lowest BCUT2D eigenvalue weighted by atomic mass is 9.49. The second-order valence-corrected chi connectivity index (χ2v) is 11.4. The summed E-state index contributed by atoms with van der Waals surface area (Å²) in [5.74, 6) is 2.48. The molecular weight excluding hydrogens is 388 g/mol. The topological polar surface area (TPSA) is 60.3 Å². The van der Waals surface area contributed by atoms with Crippen molar-refractivity contribution in [3.05, 3.63) is 30.5 Å². The molecule has 5 heteroatoms. The smallest absolute Gasteiger partial charge is 0.326 e.